The Morgan fingerprint density at radius 1 is 1.15 bits per heavy atom. The van der Waals surface area contributed by atoms with Crippen LogP contribution in [0, 0.1) is 0 Å². The molecule has 2 heterocycles. The Hall–Kier alpha value is -1.84. The Kier molecular flexibility index (Phi) is 3.47. The van der Waals surface area contributed by atoms with E-state index in [1.807, 2.05) is 34.9 Å². The Bertz CT molecular complexity index is 547. The van der Waals surface area contributed by atoms with Crippen molar-refractivity contribution in [2.45, 2.75) is 32.6 Å². The highest BCUT2D eigenvalue weighted by Crippen LogP contribution is 2.30. The minimum absolute atomic E-state index is 0.130. The second-order valence-electron chi connectivity index (χ2n) is 5.49. The zero-order chi connectivity index (χ0) is 14.1. The average molecular weight is 272 g/mol. The molecule has 0 N–H and O–H groups in total. The van der Waals surface area contributed by atoms with Crippen molar-refractivity contribution in [3.05, 3.63) is 29.3 Å². The van der Waals surface area contributed by atoms with Crippen LogP contribution in [0.3, 0.4) is 0 Å². The number of carbonyl (C=O) groups excluding carboxylic acids is 2. The molecule has 0 atom stereocenters. The van der Waals surface area contributed by atoms with E-state index in [1.165, 1.54) is 0 Å². The van der Waals surface area contributed by atoms with Crippen LogP contribution < -0.4 is 4.90 Å². The van der Waals surface area contributed by atoms with Crippen LogP contribution in [0.15, 0.2) is 18.2 Å². The summed E-state index contributed by atoms with van der Waals surface area (Å²) in [6.45, 7) is 4.36. The molecule has 2 amide bonds. The van der Waals surface area contributed by atoms with Crippen molar-refractivity contribution >= 4 is 17.5 Å². The van der Waals surface area contributed by atoms with Crippen LogP contribution in [0.5, 0.6) is 0 Å². The molecule has 1 saturated heterocycles. The molecule has 2 aliphatic heterocycles. The lowest BCUT2D eigenvalue weighted by Crippen LogP contribution is -2.28. The second-order valence-corrected chi connectivity index (χ2v) is 5.49. The summed E-state index contributed by atoms with van der Waals surface area (Å²) in [5, 5.41) is 0. The number of rotatable bonds is 2. The number of carbonyl (C=O) groups is 2. The zero-order valence-corrected chi connectivity index (χ0v) is 11.9. The van der Waals surface area contributed by atoms with Crippen molar-refractivity contribution in [3.8, 4) is 0 Å². The van der Waals surface area contributed by atoms with Gasteiger partial charge in [0.25, 0.3) is 5.91 Å². The highest BCUT2D eigenvalue weighted by Gasteiger charge is 2.26. The summed E-state index contributed by atoms with van der Waals surface area (Å²) in [7, 11) is 0. The van der Waals surface area contributed by atoms with Gasteiger partial charge in [-0.15, -0.1) is 0 Å². The molecule has 0 unspecified atom stereocenters. The van der Waals surface area contributed by atoms with E-state index < -0.39 is 0 Å². The van der Waals surface area contributed by atoms with Gasteiger partial charge in [0, 0.05) is 37.3 Å². The summed E-state index contributed by atoms with van der Waals surface area (Å²) in [4.78, 5) is 28.0. The fourth-order valence-electron chi connectivity index (χ4n) is 3.09. The maximum atomic E-state index is 12.4. The summed E-state index contributed by atoms with van der Waals surface area (Å²) < 4.78 is 0. The Labute approximate surface area is 119 Å². The molecule has 0 aromatic heterocycles. The van der Waals surface area contributed by atoms with Crippen LogP contribution in [-0.4, -0.2) is 36.3 Å². The molecule has 1 aromatic carbocycles. The fraction of sp³-hybridized carbons (Fsp3) is 0.500. The molecule has 1 aromatic rings. The highest BCUT2D eigenvalue weighted by molar-refractivity contribution is 5.98. The second kappa shape index (κ2) is 5.27. The minimum atomic E-state index is 0.130. The number of anilines is 1. The van der Waals surface area contributed by atoms with Gasteiger partial charge in [-0.25, -0.2) is 0 Å². The number of nitrogens with zero attached hydrogens (tertiary/aromatic N) is 2. The summed E-state index contributed by atoms with van der Waals surface area (Å²) in [5.41, 5.74) is 2.86. The predicted molar refractivity (Wildman–Crippen MR) is 77.9 cm³/mol. The van der Waals surface area contributed by atoms with Crippen molar-refractivity contribution in [1.82, 2.24) is 4.90 Å². The molecule has 4 nitrogen and oxygen atoms in total. The monoisotopic (exact) mass is 272 g/mol. The van der Waals surface area contributed by atoms with Gasteiger partial charge in [0.15, 0.2) is 0 Å². The number of benzene rings is 1. The molecule has 2 aliphatic rings. The summed E-state index contributed by atoms with van der Waals surface area (Å²) in [6, 6.07) is 5.76. The van der Waals surface area contributed by atoms with Crippen molar-refractivity contribution < 1.29 is 9.59 Å². The summed E-state index contributed by atoms with van der Waals surface area (Å²) in [5.74, 6) is 0.285. The van der Waals surface area contributed by atoms with E-state index in [-0.39, 0.29) is 11.8 Å². The Morgan fingerprint density at radius 2 is 1.90 bits per heavy atom. The molecule has 0 bridgehead atoms. The maximum Gasteiger partial charge on any atom is 0.253 e. The van der Waals surface area contributed by atoms with Crippen molar-refractivity contribution in [2.75, 3.05) is 24.5 Å². The SMILES string of the molecule is CCC(=O)N1CCc2cc(C(=O)N3CCCC3)ccc21. The van der Waals surface area contributed by atoms with Crippen LogP contribution >= 0.6 is 0 Å². The molecule has 106 valence electrons. The third-order valence-corrected chi connectivity index (χ3v) is 4.22. The van der Waals surface area contributed by atoms with E-state index in [0.717, 1.165) is 55.7 Å². The fourth-order valence-corrected chi connectivity index (χ4v) is 3.09. The summed E-state index contributed by atoms with van der Waals surface area (Å²) >= 11 is 0. The number of likely N-dealkylation sites (tertiary alicyclic amines) is 1. The number of amides is 2. The molecule has 4 heteroatoms. The third-order valence-electron chi connectivity index (χ3n) is 4.22. The minimum Gasteiger partial charge on any atom is -0.339 e. The molecule has 20 heavy (non-hydrogen) atoms. The quantitative estimate of drug-likeness (QED) is 0.828. The molecule has 0 saturated carbocycles. The topological polar surface area (TPSA) is 40.6 Å². The Morgan fingerprint density at radius 3 is 2.60 bits per heavy atom. The van der Waals surface area contributed by atoms with Gasteiger partial charge in [-0.05, 0) is 43.0 Å². The lowest BCUT2D eigenvalue weighted by Gasteiger charge is -2.18. The van der Waals surface area contributed by atoms with Gasteiger partial charge in [-0.3, -0.25) is 9.59 Å². The summed E-state index contributed by atoms with van der Waals surface area (Å²) in [6.07, 6.45) is 3.58. The first-order valence-corrected chi connectivity index (χ1v) is 7.43. The van der Waals surface area contributed by atoms with Gasteiger partial charge in [0.1, 0.15) is 0 Å². The van der Waals surface area contributed by atoms with Gasteiger partial charge >= 0.3 is 0 Å². The molecule has 0 spiro atoms. The average Bonchev–Trinajstić information content (AvgIpc) is 3.14. The normalized spacial score (nSPS) is 17.4. The predicted octanol–water partition coefficient (Wildman–Crippen LogP) is 2.22. The van der Waals surface area contributed by atoms with Gasteiger partial charge in [0.2, 0.25) is 5.91 Å². The van der Waals surface area contributed by atoms with Crippen LogP contribution in [0.25, 0.3) is 0 Å². The van der Waals surface area contributed by atoms with Crippen molar-refractivity contribution in [1.29, 1.82) is 0 Å². The van der Waals surface area contributed by atoms with Crippen molar-refractivity contribution in [3.63, 3.8) is 0 Å². The molecule has 1 fully saturated rings. The van der Waals surface area contributed by atoms with E-state index in [4.69, 9.17) is 0 Å². The highest BCUT2D eigenvalue weighted by atomic mass is 16.2. The number of hydrogen-bond donors (Lipinski definition) is 0. The molecule has 0 aliphatic carbocycles. The number of hydrogen-bond acceptors (Lipinski definition) is 2. The van der Waals surface area contributed by atoms with Gasteiger partial charge in [-0.1, -0.05) is 6.92 Å². The molecular formula is C16H20N2O2. The first-order chi connectivity index (χ1) is 9.70. The molecule has 3 rings (SSSR count). The van der Waals surface area contributed by atoms with Crippen molar-refractivity contribution in [2.24, 2.45) is 0 Å². The first-order valence-electron chi connectivity index (χ1n) is 7.43. The smallest absolute Gasteiger partial charge is 0.253 e. The lowest BCUT2D eigenvalue weighted by molar-refractivity contribution is -0.118. The van der Waals surface area contributed by atoms with E-state index in [2.05, 4.69) is 0 Å². The largest absolute Gasteiger partial charge is 0.339 e. The Balaban J connectivity index is 1.84. The standard InChI is InChI=1S/C16H20N2O2/c1-2-15(19)18-10-7-12-11-13(5-6-14(12)18)16(20)17-8-3-4-9-17/h5-6,11H,2-4,7-10H2,1H3. The van der Waals surface area contributed by atoms with Gasteiger partial charge in [-0.2, -0.15) is 0 Å². The lowest BCUT2D eigenvalue weighted by atomic mass is 10.1. The van der Waals surface area contributed by atoms with E-state index in [0.29, 0.717) is 6.42 Å². The van der Waals surface area contributed by atoms with Gasteiger partial charge < -0.3 is 9.80 Å². The van der Waals surface area contributed by atoms with E-state index in [1.54, 1.807) is 0 Å². The third kappa shape index (κ3) is 2.19. The zero-order valence-electron chi connectivity index (χ0n) is 11.9. The van der Waals surface area contributed by atoms with E-state index >= 15 is 0 Å². The maximum absolute atomic E-state index is 12.4. The molecular weight excluding hydrogens is 252 g/mol. The van der Waals surface area contributed by atoms with Gasteiger partial charge in [0.05, 0.1) is 0 Å². The van der Waals surface area contributed by atoms with Crippen LogP contribution in [0.1, 0.15) is 42.1 Å². The van der Waals surface area contributed by atoms with Crippen LogP contribution in [0.2, 0.25) is 0 Å². The van der Waals surface area contributed by atoms with E-state index in [9.17, 15) is 9.59 Å². The van der Waals surface area contributed by atoms with Crippen LogP contribution in [0.4, 0.5) is 5.69 Å². The molecule has 0 radical (unpaired) electrons. The number of fused-ring (bicyclic) bond motifs is 1. The first kappa shape index (κ1) is 13.2. The van der Waals surface area contributed by atoms with Crippen LogP contribution in [-0.2, 0) is 11.2 Å².